The molecule has 0 aliphatic heterocycles. The lowest BCUT2D eigenvalue weighted by Gasteiger charge is -2.20. The second kappa shape index (κ2) is 9.15. The SMILES string of the molecule is CC(=O)c1ccc(S(=O)(=O)N[C@@H](c2ccccc2)c2ccc(OC(F)F)cc2)cc1. The summed E-state index contributed by atoms with van der Waals surface area (Å²) in [6.07, 6.45) is 0. The number of Topliss-reactive ketones (excluding diaryl/α,β-unsaturated/α-hetero) is 1. The van der Waals surface area contributed by atoms with Crippen molar-refractivity contribution in [3.8, 4) is 5.75 Å². The summed E-state index contributed by atoms with van der Waals surface area (Å²) >= 11 is 0. The van der Waals surface area contributed by atoms with Gasteiger partial charge in [0.1, 0.15) is 5.75 Å². The summed E-state index contributed by atoms with van der Waals surface area (Å²) in [5.41, 5.74) is 1.62. The number of sulfonamides is 1. The molecule has 0 unspecified atom stereocenters. The molecular weight excluding hydrogens is 412 g/mol. The first-order valence-corrected chi connectivity index (χ1v) is 10.5. The van der Waals surface area contributed by atoms with E-state index in [1.165, 1.54) is 55.5 Å². The van der Waals surface area contributed by atoms with Crippen LogP contribution in [0.5, 0.6) is 5.75 Å². The fourth-order valence-electron chi connectivity index (χ4n) is 2.91. The van der Waals surface area contributed by atoms with Gasteiger partial charge in [-0.05, 0) is 42.3 Å². The molecule has 156 valence electrons. The van der Waals surface area contributed by atoms with E-state index >= 15 is 0 Å². The summed E-state index contributed by atoms with van der Waals surface area (Å²) in [6.45, 7) is -1.55. The van der Waals surface area contributed by atoms with E-state index < -0.39 is 22.7 Å². The Kier molecular flexibility index (Phi) is 6.59. The number of carbonyl (C=O) groups excluding carboxylic acids is 1. The van der Waals surface area contributed by atoms with E-state index in [2.05, 4.69) is 9.46 Å². The molecule has 0 aromatic heterocycles. The van der Waals surface area contributed by atoms with Crippen LogP contribution in [0.1, 0.15) is 34.5 Å². The molecule has 0 amide bonds. The van der Waals surface area contributed by atoms with Crippen LogP contribution in [-0.2, 0) is 10.0 Å². The fraction of sp³-hybridized carbons (Fsp3) is 0.136. The Hall–Kier alpha value is -3.10. The smallest absolute Gasteiger partial charge is 0.387 e. The monoisotopic (exact) mass is 431 g/mol. The third kappa shape index (κ3) is 5.28. The number of hydrogen-bond donors (Lipinski definition) is 1. The zero-order valence-corrected chi connectivity index (χ0v) is 16.8. The Labute approximate surface area is 173 Å². The van der Waals surface area contributed by atoms with Gasteiger partial charge in [-0.2, -0.15) is 13.5 Å². The topological polar surface area (TPSA) is 72.5 Å². The summed E-state index contributed by atoms with van der Waals surface area (Å²) < 4.78 is 57.7. The Morgan fingerprint density at radius 1 is 0.867 bits per heavy atom. The lowest BCUT2D eigenvalue weighted by molar-refractivity contribution is -0.0498. The highest BCUT2D eigenvalue weighted by molar-refractivity contribution is 7.89. The van der Waals surface area contributed by atoms with Crippen molar-refractivity contribution in [3.05, 3.63) is 95.6 Å². The van der Waals surface area contributed by atoms with Crippen LogP contribution in [0.2, 0.25) is 0 Å². The second-order valence-electron chi connectivity index (χ2n) is 6.49. The summed E-state index contributed by atoms with van der Waals surface area (Å²) in [7, 11) is -3.94. The Morgan fingerprint density at radius 3 is 1.97 bits per heavy atom. The number of halogens is 2. The summed E-state index contributed by atoms with van der Waals surface area (Å²) in [4.78, 5) is 11.4. The van der Waals surface area contributed by atoms with Crippen molar-refractivity contribution in [3.63, 3.8) is 0 Å². The summed E-state index contributed by atoms with van der Waals surface area (Å²) in [6, 6.07) is 19.5. The predicted octanol–water partition coefficient (Wildman–Crippen LogP) is 4.56. The predicted molar refractivity (Wildman–Crippen MR) is 108 cm³/mol. The molecule has 0 spiro atoms. The van der Waals surface area contributed by atoms with E-state index in [9.17, 15) is 22.0 Å². The molecule has 8 heteroatoms. The highest BCUT2D eigenvalue weighted by atomic mass is 32.2. The minimum atomic E-state index is -3.94. The van der Waals surface area contributed by atoms with Crippen LogP contribution in [0.3, 0.4) is 0 Å². The van der Waals surface area contributed by atoms with Gasteiger partial charge in [-0.25, -0.2) is 8.42 Å². The number of ketones is 1. The van der Waals surface area contributed by atoms with Gasteiger partial charge in [-0.1, -0.05) is 54.6 Å². The molecule has 5 nitrogen and oxygen atoms in total. The maximum atomic E-state index is 13.0. The number of hydrogen-bond acceptors (Lipinski definition) is 4. The largest absolute Gasteiger partial charge is 0.435 e. The van der Waals surface area contributed by atoms with Crippen LogP contribution in [-0.4, -0.2) is 20.8 Å². The van der Waals surface area contributed by atoms with Crippen molar-refractivity contribution in [2.75, 3.05) is 0 Å². The normalized spacial score (nSPS) is 12.5. The molecule has 0 saturated heterocycles. The molecule has 0 fully saturated rings. The Morgan fingerprint density at radius 2 is 1.43 bits per heavy atom. The molecule has 0 bridgehead atoms. The number of benzene rings is 3. The molecule has 0 radical (unpaired) electrons. The van der Waals surface area contributed by atoms with Gasteiger partial charge in [-0.15, -0.1) is 0 Å². The zero-order chi connectivity index (χ0) is 21.7. The molecule has 0 saturated carbocycles. The van der Waals surface area contributed by atoms with Crippen LogP contribution in [0.15, 0.2) is 83.8 Å². The lowest BCUT2D eigenvalue weighted by atomic mass is 10.00. The molecular formula is C22H19F2NO4S. The van der Waals surface area contributed by atoms with Crippen LogP contribution in [0, 0.1) is 0 Å². The molecule has 3 aromatic rings. The molecule has 1 N–H and O–H groups in total. The highest BCUT2D eigenvalue weighted by Gasteiger charge is 2.23. The average molecular weight is 431 g/mol. The van der Waals surface area contributed by atoms with Gasteiger partial charge in [0.15, 0.2) is 5.78 Å². The van der Waals surface area contributed by atoms with Crippen molar-refractivity contribution in [1.29, 1.82) is 0 Å². The van der Waals surface area contributed by atoms with Crippen LogP contribution >= 0.6 is 0 Å². The average Bonchev–Trinajstić information content (AvgIpc) is 2.73. The van der Waals surface area contributed by atoms with Crippen LogP contribution < -0.4 is 9.46 Å². The number of carbonyl (C=O) groups is 1. The maximum Gasteiger partial charge on any atom is 0.387 e. The molecule has 3 aromatic carbocycles. The minimum absolute atomic E-state index is 0.00563. The molecule has 0 heterocycles. The minimum Gasteiger partial charge on any atom is -0.435 e. The van der Waals surface area contributed by atoms with Crippen LogP contribution in [0.25, 0.3) is 0 Å². The van der Waals surface area contributed by atoms with Crippen molar-refractivity contribution in [2.24, 2.45) is 0 Å². The van der Waals surface area contributed by atoms with E-state index in [1.807, 2.05) is 0 Å². The van der Waals surface area contributed by atoms with Crippen LogP contribution in [0.4, 0.5) is 8.78 Å². The molecule has 3 rings (SSSR count). The number of rotatable bonds is 8. The Balaban J connectivity index is 1.94. The van der Waals surface area contributed by atoms with E-state index in [-0.39, 0.29) is 16.4 Å². The van der Waals surface area contributed by atoms with E-state index in [0.717, 1.165) is 0 Å². The fourth-order valence-corrected chi connectivity index (χ4v) is 4.12. The molecule has 0 aliphatic carbocycles. The quantitative estimate of drug-likeness (QED) is 0.531. The van der Waals surface area contributed by atoms with Gasteiger partial charge in [0.2, 0.25) is 10.0 Å². The van der Waals surface area contributed by atoms with Crippen molar-refractivity contribution >= 4 is 15.8 Å². The maximum absolute atomic E-state index is 13.0. The first-order valence-electron chi connectivity index (χ1n) is 8.99. The van der Waals surface area contributed by atoms with Gasteiger partial charge in [-0.3, -0.25) is 4.79 Å². The third-order valence-electron chi connectivity index (χ3n) is 4.42. The number of nitrogens with one attached hydrogen (secondary N) is 1. The molecule has 1 atom stereocenters. The molecule has 0 aliphatic rings. The Bertz CT molecular complexity index is 1100. The zero-order valence-electron chi connectivity index (χ0n) is 16.0. The van der Waals surface area contributed by atoms with Gasteiger partial charge in [0.25, 0.3) is 0 Å². The van der Waals surface area contributed by atoms with Gasteiger partial charge in [0.05, 0.1) is 10.9 Å². The lowest BCUT2D eigenvalue weighted by Crippen LogP contribution is -2.29. The van der Waals surface area contributed by atoms with Gasteiger partial charge >= 0.3 is 6.61 Å². The van der Waals surface area contributed by atoms with Crippen molar-refractivity contribution in [1.82, 2.24) is 4.72 Å². The number of ether oxygens (including phenoxy) is 1. The van der Waals surface area contributed by atoms with Gasteiger partial charge in [0, 0.05) is 5.56 Å². The standard InChI is InChI=1S/C22H19F2NO4S/c1-15(26)16-9-13-20(14-10-16)30(27,28)25-21(17-5-3-2-4-6-17)18-7-11-19(12-8-18)29-22(23)24/h2-14,21-22,25H,1H3/t21-/m0/s1. The third-order valence-corrected chi connectivity index (χ3v) is 5.85. The number of alkyl halides is 2. The first-order chi connectivity index (χ1) is 14.3. The highest BCUT2D eigenvalue weighted by Crippen LogP contribution is 2.27. The van der Waals surface area contributed by atoms with E-state index in [4.69, 9.17) is 0 Å². The van der Waals surface area contributed by atoms with Crippen molar-refractivity contribution in [2.45, 2.75) is 24.5 Å². The summed E-state index contributed by atoms with van der Waals surface area (Å²) in [5, 5.41) is 0. The second-order valence-corrected chi connectivity index (χ2v) is 8.21. The summed E-state index contributed by atoms with van der Waals surface area (Å²) in [5.74, 6) is -0.191. The van der Waals surface area contributed by atoms with E-state index in [0.29, 0.717) is 16.7 Å². The van der Waals surface area contributed by atoms with Crippen molar-refractivity contribution < 1.29 is 26.7 Å². The van der Waals surface area contributed by atoms with Gasteiger partial charge < -0.3 is 4.74 Å². The van der Waals surface area contributed by atoms with E-state index in [1.54, 1.807) is 30.3 Å². The molecule has 30 heavy (non-hydrogen) atoms. The first kappa shape index (κ1) is 21.6.